The highest BCUT2D eigenvalue weighted by Gasteiger charge is 2.48. The van der Waals surface area contributed by atoms with Gasteiger partial charge in [0.05, 0.1) is 18.7 Å². The van der Waals surface area contributed by atoms with Crippen molar-refractivity contribution in [2.24, 2.45) is 41.2 Å². The van der Waals surface area contributed by atoms with Gasteiger partial charge in [0.25, 0.3) is 5.91 Å². The number of nitrogens with zero attached hydrogens (tertiary/aromatic N) is 2. The Labute approximate surface area is 226 Å². The summed E-state index contributed by atoms with van der Waals surface area (Å²) in [4.78, 5) is 25.8. The van der Waals surface area contributed by atoms with Crippen molar-refractivity contribution in [2.75, 3.05) is 19.7 Å². The standard InChI is InChI=1S/C28H43N5O3.ClH/c1-18(26(34)30-9-8-29)7-10-33-28(36-17-19-5-3-2-4-6-19)24(16-31-33)27(35)32-25-22-12-20-11-21(14-22)15-23(25)13-20;/h7,10,16,18-23,25H,2-6,8-9,11-15,17,29H2,1H3,(H,30,34)(H,32,35);1H/b10-7+;. The fraction of sp³-hybridized carbons (Fsp3) is 0.750. The van der Waals surface area contributed by atoms with Crippen molar-refractivity contribution in [1.82, 2.24) is 20.4 Å². The molecule has 5 aliphatic rings. The average Bonchev–Trinajstić information content (AvgIpc) is 3.29. The number of amides is 2. The van der Waals surface area contributed by atoms with Crippen molar-refractivity contribution in [2.45, 2.75) is 77.2 Å². The third-order valence-electron chi connectivity index (χ3n) is 9.07. The van der Waals surface area contributed by atoms with Gasteiger partial charge in [-0.2, -0.15) is 5.10 Å². The summed E-state index contributed by atoms with van der Waals surface area (Å²) in [6.45, 7) is 3.27. The molecule has 1 aromatic rings. The molecule has 1 unspecified atom stereocenters. The number of aromatic nitrogens is 2. The normalized spacial score (nSPS) is 29.6. The van der Waals surface area contributed by atoms with Crippen molar-refractivity contribution in [3.05, 3.63) is 17.8 Å². The van der Waals surface area contributed by atoms with Crippen LogP contribution >= 0.6 is 12.4 Å². The zero-order valence-electron chi connectivity index (χ0n) is 22.1. The summed E-state index contributed by atoms with van der Waals surface area (Å²) in [5.74, 6) is 3.42. The second-order valence-electron chi connectivity index (χ2n) is 11.8. The van der Waals surface area contributed by atoms with Gasteiger partial charge in [-0.05, 0) is 74.5 Å². The molecule has 0 saturated heterocycles. The van der Waals surface area contributed by atoms with Gasteiger partial charge in [0.1, 0.15) is 5.56 Å². The van der Waals surface area contributed by atoms with E-state index >= 15 is 0 Å². The van der Waals surface area contributed by atoms with Crippen LogP contribution in [0.4, 0.5) is 0 Å². The van der Waals surface area contributed by atoms with Crippen molar-refractivity contribution in [1.29, 1.82) is 0 Å². The topological polar surface area (TPSA) is 111 Å². The minimum Gasteiger partial charge on any atom is -0.477 e. The molecule has 5 saturated carbocycles. The molecule has 1 aromatic heterocycles. The number of halogens is 1. The Balaban J connectivity index is 0.00000320. The lowest BCUT2D eigenvalue weighted by Gasteiger charge is -2.54. The summed E-state index contributed by atoms with van der Waals surface area (Å²) >= 11 is 0. The molecular weight excluding hydrogens is 490 g/mol. The highest BCUT2D eigenvalue weighted by Crippen LogP contribution is 2.53. The lowest BCUT2D eigenvalue weighted by Crippen LogP contribution is -2.55. The van der Waals surface area contributed by atoms with Crippen molar-refractivity contribution >= 4 is 30.4 Å². The quantitative estimate of drug-likeness (QED) is 0.421. The van der Waals surface area contributed by atoms with Gasteiger partial charge in [0.15, 0.2) is 0 Å². The molecular formula is C28H44ClN5O3. The first-order chi connectivity index (χ1) is 17.5. The number of hydrogen-bond acceptors (Lipinski definition) is 5. The minimum absolute atomic E-state index is 0. The van der Waals surface area contributed by atoms with Crippen LogP contribution in [0.3, 0.4) is 0 Å². The highest BCUT2D eigenvalue weighted by molar-refractivity contribution is 5.96. The van der Waals surface area contributed by atoms with Crippen molar-refractivity contribution in [3.8, 4) is 5.88 Å². The zero-order chi connectivity index (χ0) is 25.1. The third kappa shape index (κ3) is 6.51. The molecule has 0 aromatic carbocycles. The first-order valence-electron chi connectivity index (χ1n) is 14.2. The van der Waals surface area contributed by atoms with Gasteiger partial charge in [-0.15, -0.1) is 12.4 Å². The van der Waals surface area contributed by atoms with Crippen LogP contribution in [0.2, 0.25) is 0 Å². The Morgan fingerprint density at radius 3 is 2.46 bits per heavy atom. The molecule has 4 N–H and O–H groups in total. The Morgan fingerprint density at radius 1 is 1.14 bits per heavy atom. The summed E-state index contributed by atoms with van der Waals surface area (Å²) in [5, 5.41) is 10.7. The molecule has 206 valence electrons. The van der Waals surface area contributed by atoms with Crippen LogP contribution in [0.25, 0.3) is 6.20 Å². The largest absolute Gasteiger partial charge is 0.477 e. The van der Waals surface area contributed by atoms with Gasteiger partial charge in [-0.25, -0.2) is 4.68 Å². The molecule has 2 amide bonds. The van der Waals surface area contributed by atoms with E-state index in [9.17, 15) is 9.59 Å². The Kier molecular flexibility index (Phi) is 9.57. The van der Waals surface area contributed by atoms with Crippen molar-refractivity contribution < 1.29 is 14.3 Å². The number of nitrogens with two attached hydrogens (primary N) is 1. The van der Waals surface area contributed by atoms with E-state index in [1.54, 1.807) is 23.2 Å². The van der Waals surface area contributed by atoms with E-state index in [4.69, 9.17) is 10.5 Å². The molecule has 6 rings (SSSR count). The van der Waals surface area contributed by atoms with E-state index in [1.165, 1.54) is 51.4 Å². The smallest absolute Gasteiger partial charge is 0.258 e. The van der Waals surface area contributed by atoms with E-state index in [0.29, 0.717) is 48.9 Å². The van der Waals surface area contributed by atoms with Gasteiger partial charge in [0.2, 0.25) is 11.8 Å². The molecule has 0 radical (unpaired) electrons. The molecule has 0 aliphatic heterocycles. The summed E-state index contributed by atoms with van der Waals surface area (Å²) < 4.78 is 7.92. The molecule has 5 aliphatic carbocycles. The highest BCUT2D eigenvalue weighted by atomic mass is 35.5. The molecule has 9 heteroatoms. The summed E-state index contributed by atoms with van der Waals surface area (Å²) in [6, 6.07) is 0.265. The third-order valence-corrected chi connectivity index (χ3v) is 9.07. The van der Waals surface area contributed by atoms with E-state index in [0.717, 1.165) is 24.7 Å². The predicted octanol–water partition coefficient (Wildman–Crippen LogP) is 4.00. The molecule has 4 bridgehead atoms. The monoisotopic (exact) mass is 533 g/mol. The predicted molar refractivity (Wildman–Crippen MR) is 146 cm³/mol. The van der Waals surface area contributed by atoms with Crippen LogP contribution in [-0.2, 0) is 4.79 Å². The number of ether oxygens (including phenoxy) is 1. The molecule has 37 heavy (non-hydrogen) atoms. The van der Waals surface area contributed by atoms with E-state index in [1.807, 2.05) is 6.92 Å². The van der Waals surface area contributed by atoms with Crippen LogP contribution in [0.15, 0.2) is 12.3 Å². The van der Waals surface area contributed by atoms with Gasteiger partial charge in [0, 0.05) is 25.3 Å². The molecule has 5 fully saturated rings. The Morgan fingerprint density at radius 2 is 1.81 bits per heavy atom. The SMILES string of the molecule is CC(/C=C/n1ncc(C(=O)NC2C3CC4CC(C3)CC2C4)c1OCC1CCCCC1)C(=O)NCCN.Cl. The lowest BCUT2D eigenvalue weighted by atomic mass is 9.54. The van der Waals surface area contributed by atoms with Crippen LogP contribution < -0.4 is 21.1 Å². The van der Waals surface area contributed by atoms with Crippen LogP contribution in [-0.4, -0.2) is 47.3 Å². The fourth-order valence-electron chi connectivity index (χ4n) is 7.35. The van der Waals surface area contributed by atoms with Gasteiger partial charge in [-0.1, -0.05) is 32.3 Å². The van der Waals surface area contributed by atoms with Crippen LogP contribution in [0.1, 0.15) is 81.5 Å². The fourth-order valence-corrected chi connectivity index (χ4v) is 7.35. The van der Waals surface area contributed by atoms with Gasteiger partial charge < -0.3 is 21.1 Å². The molecule has 1 atom stereocenters. The maximum Gasteiger partial charge on any atom is 0.258 e. The Bertz CT molecular complexity index is 930. The number of nitrogens with one attached hydrogen (secondary N) is 2. The van der Waals surface area contributed by atoms with E-state index in [2.05, 4.69) is 15.7 Å². The van der Waals surface area contributed by atoms with E-state index in [-0.39, 0.29) is 36.2 Å². The van der Waals surface area contributed by atoms with Crippen LogP contribution in [0.5, 0.6) is 5.88 Å². The average molecular weight is 534 g/mol. The van der Waals surface area contributed by atoms with Gasteiger partial charge in [-0.3, -0.25) is 9.59 Å². The Hall–Kier alpha value is -2.06. The van der Waals surface area contributed by atoms with Gasteiger partial charge >= 0.3 is 0 Å². The molecule has 1 heterocycles. The molecule has 0 spiro atoms. The first-order valence-corrected chi connectivity index (χ1v) is 14.2. The first kappa shape index (κ1) is 28.0. The maximum atomic E-state index is 13.5. The summed E-state index contributed by atoms with van der Waals surface area (Å²) in [7, 11) is 0. The number of carbonyl (C=O) groups is 2. The maximum absolute atomic E-state index is 13.5. The number of carbonyl (C=O) groups excluding carboxylic acids is 2. The van der Waals surface area contributed by atoms with Crippen molar-refractivity contribution in [3.63, 3.8) is 0 Å². The minimum atomic E-state index is -0.350. The zero-order valence-corrected chi connectivity index (χ0v) is 22.9. The van der Waals surface area contributed by atoms with E-state index < -0.39 is 0 Å². The van der Waals surface area contributed by atoms with Crippen LogP contribution in [0, 0.1) is 35.5 Å². The second-order valence-corrected chi connectivity index (χ2v) is 11.8. The summed E-state index contributed by atoms with van der Waals surface area (Å²) in [5.41, 5.74) is 5.98. The molecule has 8 nitrogen and oxygen atoms in total. The lowest BCUT2D eigenvalue weighted by molar-refractivity contribution is -0.123. The second kappa shape index (κ2) is 12.7. The summed E-state index contributed by atoms with van der Waals surface area (Å²) in [6.07, 6.45) is 17.7. The number of hydrogen-bond donors (Lipinski definition) is 3. The number of rotatable bonds is 10.